The van der Waals surface area contributed by atoms with Crippen molar-refractivity contribution >= 4 is 16.7 Å². The van der Waals surface area contributed by atoms with Gasteiger partial charge in [-0.2, -0.15) is 0 Å². The normalized spacial score (nSPS) is 18.0. The summed E-state index contributed by atoms with van der Waals surface area (Å²) in [6.45, 7) is 11.8. The van der Waals surface area contributed by atoms with Crippen LogP contribution in [0.5, 0.6) is 0 Å². The Hall–Kier alpha value is -2.73. The summed E-state index contributed by atoms with van der Waals surface area (Å²) < 4.78 is 0. The van der Waals surface area contributed by atoms with Gasteiger partial charge in [0.1, 0.15) is 0 Å². The molecule has 1 aliphatic heterocycles. The standard InChI is InChI=1S/C22H27N5O/c1-14-5-6-19(11-23-14)27-8-7-26(15(2)12-27)13-18-9-20-21(24-10-18)16(3)17(4)22(28)25-20/h5-6,9-11,15H,7-8,12-13H2,1-4H3,(H,25,28). The van der Waals surface area contributed by atoms with Gasteiger partial charge in [0.05, 0.1) is 22.9 Å². The zero-order valence-corrected chi connectivity index (χ0v) is 17.0. The van der Waals surface area contributed by atoms with Crippen molar-refractivity contribution in [2.75, 3.05) is 24.5 Å². The van der Waals surface area contributed by atoms with E-state index in [1.165, 1.54) is 5.69 Å². The number of nitrogens with zero attached hydrogens (tertiary/aromatic N) is 4. The van der Waals surface area contributed by atoms with Gasteiger partial charge in [-0.15, -0.1) is 0 Å². The Bertz CT molecular complexity index is 1060. The number of hydrogen-bond donors (Lipinski definition) is 1. The minimum absolute atomic E-state index is 0.0300. The lowest BCUT2D eigenvalue weighted by molar-refractivity contribution is 0.181. The monoisotopic (exact) mass is 377 g/mol. The number of fused-ring (bicyclic) bond motifs is 1. The molecule has 1 unspecified atom stereocenters. The van der Waals surface area contributed by atoms with Crippen molar-refractivity contribution < 1.29 is 0 Å². The van der Waals surface area contributed by atoms with Crippen LogP contribution in [0.15, 0.2) is 35.4 Å². The Kier molecular flexibility index (Phi) is 4.89. The van der Waals surface area contributed by atoms with Crippen LogP contribution in [0.25, 0.3) is 11.0 Å². The van der Waals surface area contributed by atoms with Crippen LogP contribution in [0, 0.1) is 20.8 Å². The molecule has 4 rings (SSSR count). The summed E-state index contributed by atoms with van der Waals surface area (Å²) in [4.78, 5) is 29.0. The molecular weight excluding hydrogens is 350 g/mol. The summed E-state index contributed by atoms with van der Waals surface area (Å²) >= 11 is 0. The van der Waals surface area contributed by atoms with E-state index in [1.54, 1.807) is 0 Å². The van der Waals surface area contributed by atoms with Crippen LogP contribution < -0.4 is 10.5 Å². The smallest absolute Gasteiger partial charge is 0.251 e. The average Bonchev–Trinajstić information content (AvgIpc) is 2.68. The number of nitrogens with one attached hydrogen (secondary N) is 1. The summed E-state index contributed by atoms with van der Waals surface area (Å²) in [5.41, 5.74) is 6.73. The van der Waals surface area contributed by atoms with E-state index in [4.69, 9.17) is 0 Å². The van der Waals surface area contributed by atoms with Crippen LogP contribution >= 0.6 is 0 Å². The number of aromatic nitrogens is 3. The molecule has 0 aliphatic carbocycles. The molecule has 3 aromatic heterocycles. The van der Waals surface area contributed by atoms with Crippen LogP contribution in [0.4, 0.5) is 5.69 Å². The largest absolute Gasteiger partial charge is 0.367 e. The third-order valence-corrected chi connectivity index (χ3v) is 5.86. The second-order valence-electron chi connectivity index (χ2n) is 7.87. The maximum atomic E-state index is 12.1. The number of anilines is 1. The SMILES string of the molecule is Cc1ccc(N2CCN(Cc3cnc4c(C)c(C)c(=O)[nH]c4c3)C(C)C2)cn1. The van der Waals surface area contributed by atoms with Crippen LogP contribution in [-0.2, 0) is 6.54 Å². The third-order valence-electron chi connectivity index (χ3n) is 5.86. The van der Waals surface area contributed by atoms with E-state index in [-0.39, 0.29) is 5.56 Å². The first-order valence-corrected chi connectivity index (χ1v) is 9.82. The number of H-pyrrole nitrogens is 1. The Balaban J connectivity index is 1.50. The molecule has 0 amide bonds. The molecule has 6 nitrogen and oxygen atoms in total. The molecule has 6 heteroatoms. The van der Waals surface area contributed by atoms with Crippen molar-refractivity contribution in [1.29, 1.82) is 0 Å². The molecule has 1 fully saturated rings. The van der Waals surface area contributed by atoms with Gasteiger partial charge in [-0.25, -0.2) is 0 Å². The second kappa shape index (κ2) is 7.36. The van der Waals surface area contributed by atoms with E-state index in [1.807, 2.05) is 33.2 Å². The van der Waals surface area contributed by atoms with Crippen molar-refractivity contribution in [1.82, 2.24) is 19.9 Å². The van der Waals surface area contributed by atoms with Crippen LogP contribution in [0.3, 0.4) is 0 Å². The van der Waals surface area contributed by atoms with Crippen molar-refractivity contribution in [3.8, 4) is 0 Å². The summed E-state index contributed by atoms with van der Waals surface area (Å²) in [5, 5.41) is 0. The van der Waals surface area contributed by atoms with Crippen LogP contribution in [-0.4, -0.2) is 45.5 Å². The number of piperazine rings is 1. The fourth-order valence-electron chi connectivity index (χ4n) is 3.90. The van der Waals surface area contributed by atoms with Crippen molar-refractivity contribution in [3.05, 3.63) is 63.3 Å². The minimum atomic E-state index is -0.0300. The maximum absolute atomic E-state index is 12.1. The van der Waals surface area contributed by atoms with Gasteiger partial charge in [0.2, 0.25) is 0 Å². The predicted octanol–water partition coefficient (Wildman–Crippen LogP) is 2.95. The number of aromatic amines is 1. The van der Waals surface area contributed by atoms with E-state index >= 15 is 0 Å². The highest BCUT2D eigenvalue weighted by atomic mass is 16.1. The molecule has 0 saturated carbocycles. The first-order chi connectivity index (χ1) is 13.4. The van der Waals surface area contributed by atoms with Gasteiger partial charge in [-0.3, -0.25) is 19.7 Å². The highest BCUT2D eigenvalue weighted by Gasteiger charge is 2.24. The summed E-state index contributed by atoms with van der Waals surface area (Å²) in [7, 11) is 0. The van der Waals surface area contributed by atoms with Gasteiger partial charge in [-0.1, -0.05) is 0 Å². The lowest BCUT2D eigenvalue weighted by atomic mass is 10.1. The number of pyridine rings is 3. The first kappa shape index (κ1) is 18.6. The van der Waals surface area contributed by atoms with Crippen LogP contribution in [0.2, 0.25) is 0 Å². The maximum Gasteiger partial charge on any atom is 0.251 e. The zero-order valence-electron chi connectivity index (χ0n) is 17.0. The van der Waals surface area contributed by atoms with Gasteiger partial charge in [0, 0.05) is 49.7 Å². The van der Waals surface area contributed by atoms with E-state index in [9.17, 15) is 4.79 Å². The molecule has 0 radical (unpaired) electrons. The minimum Gasteiger partial charge on any atom is -0.367 e. The van der Waals surface area contributed by atoms with Gasteiger partial charge in [-0.05, 0) is 57.0 Å². The van der Waals surface area contributed by atoms with E-state index in [0.717, 1.165) is 59.6 Å². The summed E-state index contributed by atoms with van der Waals surface area (Å²) in [5.74, 6) is 0. The third kappa shape index (κ3) is 3.52. The van der Waals surface area contributed by atoms with Gasteiger partial charge in [0.25, 0.3) is 5.56 Å². The Morgan fingerprint density at radius 2 is 1.93 bits per heavy atom. The number of hydrogen-bond acceptors (Lipinski definition) is 5. The zero-order chi connectivity index (χ0) is 19.8. The highest BCUT2D eigenvalue weighted by molar-refractivity contribution is 5.78. The van der Waals surface area contributed by atoms with E-state index in [2.05, 4.69) is 49.9 Å². The van der Waals surface area contributed by atoms with E-state index in [0.29, 0.717) is 6.04 Å². The lowest BCUT2D eigenvalue weighted by Crippen LogP contribution is -2.51. The Morgan fingerprint density at radius 3 is 2.64 bits per heavy atom. The van der Waals surface area contributed by atoms with Gasteiger partial charge in [0.15, 0.2) is 0 Å². The molecule has 1 aliphatic rings. The van der Waals surface area contributed by atoms with E-state index < -0.39 is 0 Å². The molecular formula is C22H27N5O. The van der Waals surface area contributed by atoms with Gasteiger partial charge >= 0.3 is 0 Å². The molecule has 0 spiro atoms. The van der Waals surface area contributed by atoms with Crippen molar-refractivity contribution in [2.45, 2.75) is 40.3 Å². The summed E-state index contributed by atoms with van der Waals surface area (Å²) in [6.07, 6.45) is 3.90. The molecule has 146 valence electrons. The highest BCUT2D eigenvalue weighted by Crippen LogP contribution is 2.21. The lowest BCUT2D eigenvalue weighted by Gasteiger charge is -2.41. The molecule has 3 aromatic rings. The molecule has 0 bridgehead atoms. The molecule has 28 heavy (non-hydrogen) atoms. The van der Waals surface area contributed by atoms with Crippen molar-refractivity contribution in [3.63, 3.8) is 0 Å². The predicted molar refractivity (Wildman–Crippen MR) is 113 cm³/mol. The Labute approximate surface area is 165 Å². The average molecular weight is 377 g/mol. The molecule has 1 N–H and O–H groups in total. The molecule has 4 heterocycles. The van der Waals surface area contributed by atoms with Crippen molar-refractivity contribution in [2.24, 2.45) is 0 Å². The topological polar surface area (TPSA) is 65.1 Å². The van der Waals surface area contributed by atoms with Gasteiger partial charge < -0.3 is 9.88 Å². The fraction of sp³-hybridized carbons (Fsp3) is 0.409. The molecule has 0 aromatic carbocycles. The second-order valence-corrected chi connectivity index (χ2v) is 7.87. The fourth-order valence-corrected chi connectivity index (χ4v) is 3.90. The molecule has 1 atom stereocenters. The quantitative estimate of drug-likeness (QED) is 0.760. The first-order valence-electron chi connectivity index (χ1n) is 9.82. The summed E-state index contributed by atoms with van der Waals surface area (Å²) in [6, 6.07) is 6.71. The Morgan fingerprint density at radius 1 is 1.11 bits per heavy atom. The van der Waals surface area contributed by atoms with Crippen LogP contribution in [0.1, 0.15) is 29.3 Å². The molecule has 1 saturated heterocycles. The number of aryl methyl sites for hydroxylation is 2. The number of rotatable bonds is 3.